The quantitative estimate of drug-likeness (QED) is 0.914. The molecule has 116 valence electrons. The van der Waals surface area contributed by atoms with Crippen LogP contribution in [0.2, 0.25) is 0 Å². The molecule has 0 aliphatic heterocycles. The number of hydrogen-bond donors (Lipinski definition) is 1. The molecular formula is C17H20N2O3. The maximum absolute atomic E-state index is 12.4. The van der Waals surface area contributed by atoms with Gasteiger partial charge in [0, 0.05) is 24.0 Å². The van der Waals surface area contributed by atoms with Gasteiger partial charge in [-0.15, -0.1) is 0 Å². The fourth-order valence-electron chi connectivity index (χ4n) is 2.16. The van der Waals surface area contributed by atoms with Crippen molar-refractivity contribution in [3.8, 4) is 11.5 Å². The van der Waals surface area contributed by atoms with Gasteiger partial charge in [0.2, 0.25) is 0 Å². The van der Waals surface area contributed by atoms with E-state index >= 15 is 0 Å². The van der Waals surface area contributed by atoms with Crippen molar-refractivity contribution in [2.24, 2.45) is 0 Å². The normalized spacial score (nSPS) is 9.95. The van der Waals surface area contributed by atoms with Gasteiger partial charge in [-0.1, -0.05) is 18.2 Å². The van der Waals surface area contributed by atoms with Gasteiger partial charge >= 0.3 is 6.03 Å². The minimum absolute atomic E-state index is 0.194. The van der Waals surface area contributed by atoms with Crippen LogP contribution in [0.15, 0.2) is 48.5 Å². The van der Waals surface area contributed by atoms with Crippen LogP contribution >= 0.6 is 0 Å². The Kier molecular flexibility index (Phi) is 5.25. The number of para-hydroxylation sites is 1. The van der Waals surface area contributed by atoms with Gasteiger partial charge in [0.05, 0.1) is 14.2 Å². The molecule has 2 aromatic rings. The minimum Gasteiger partial charge on any atom is -0.493 e. The van der Waals surface area contributed by atoms with E-state index in [0.29, 0.717) is 23.7 Å². The summed E-state index contributed by atoms with van der Waals surface area (Å²) < 4.78 is 10.4. The molecule has 0 unspecified atom stereocenters. The molecule has 0 aliphatic rings. The first-order valence-corrected chi connectivity index (χ1v) is 7.05. The number of benzene rings is 2. The number of methoxy groups -OCH3 is 2. The van der Waals surface area contributed by atoms with Gasteiger partial charge in [-0.2, -0.15) is 0 Å². The lowest BCUT2D eigenvalue weighted by molar-refractivity contribution is 0.257. The number of nitrogens with zero attached hydrogens (tertiary/aromatic N) is 1. The fourth-order valence-corrected chi connectivity index (χ4v) is 2.16. The number of urea groups is 1. The Morgan fingerprint density at radius 3 is 2.32 bits per heavy atom. The Morgan fingerprint density at radius 1 is 1.05 bits per heavy atom. The van der Waals surface area contributed by atoms with E-state index in [1.807, 2.05) is 37.3 Å². The summed E-state index contributed by atoms with van der Waals surface area (Å²) in [5, 5.41) is 2.87. The molecule has 0 radical (unpaired) electrons. The van der Waals surface area contributed by atoms with E-state index in [2.05, 4.69) is 5.32 Å². The molecule has 0 spiro atoms. The van der Waals surface area contributed by atoms with Gasteiger partial charge in [0.15, 0.2) is 11.5 Å². The van der Waals surface area contributed by atoms with Gasteiger partial charge < -0.3 is 14.8 Å². The van der Waals surface area contributed by atoms with E-state index < -0.39 is 0 Å². The van der Waals surface area contributed by atoms with Crippen LogP contribution in [0.3, 0.4) is 0 Å². The third kappa shape index (κ3) is 3.49. The number of amides is 2. The van der Waals surface area contributed by atoms with Crippen LogP contribution in [0.5, 0.6) is 11.5 Å². The number of carbonyl (C=O) groups excluding carboxylic acids is 1. The summed E-state index contributed by atoms with van der Waals surface area (Å²) in [4.78, 5) is 14.1. The average molecular weight is 300 g/mol. The highest BCUT2D eigenvalue weighted by Crippen LogP contribution is 2.30. The highest BCUT2D eigenvalue weighted by atomic mass is 16.5. The van der Waals surface area contributed by atoms with E-state index in [0.717, 1.165) is 5.69 Å². The zero-order chi connectivity index (χ0) is 15.9. The third-order valence-corrected chi connectivity index (χ3v) is 3.26. The second kappa shape index (κ2) is 7.36. The molecule has 0 heterocycles. The van der Waals surface area contributed by atoms with Crippen LogP contribution in [0.25, 0.3) is 0 Å². The molecule has 0 atom stereocenters. The second-order valence-corrected chi connectivity index (χ2v) is 4.58. The monoisotopic (exact) mass is 300 g/mol. The summed E-state index contributed by atoms with van der Waals surface area (Å²) in [6, 6.07) is 14.6. The topological polar surface area (TPSA) is 50.8 Å². The predicted octanol–water partition coefficient (Wildman–Crippen LogP) is 3.76. The number of anilines is 2. The molecule has 0 saturated carbocycles. The van der Waals surface area contributed by atoms with E-state index in [1.165, 1.54) is 0 Å². The molecule has 1 N–H and O–H groups in total. The Bertz CT molecular complexity index is 629. The smallest absolute Gasteiger partial charge is 0.326 e. The summed E-state index contributed by atoms with van der Waals surface area (Å²) in [6.07, 6.45) is 0. The van der Waals surface area contributed by atoms with Crippen molar-refractivity contribution in [1.29, 1.82) is 0 Å². The predicted molar refractivity (Wildman–Crippen MR) is 88.0 cm³/mol. The van der Waals surface area contributed by atoms with Crippen LogP contribution in [-0.2, 0) is 0 Å². The van der Waals surface area contributed by atoms with Crippen molar-refractivity contribution in [2.75, 3.05) is 31.0 Å². The zero-order valence-corrected chi connectivity index (χ0v) is 13.0. The maximum atomic E-state index is 12.4. The molecule has 2 aromatic carbocycles. The zero-order valence-electron chi connectivity index (χ0n) is 13.0. The standard InChI is InChI=1S/C17H20N2O3/c1-4-19(14-8-6-5-7-9-14)17(20)18-13-10-11-15(21-2)16(12-13)22-3/h5-12H,4H2,1-3H3,(H,18,20). The van der Waals surface area contributed by atoms with Crippen molar-refractivity contribution in [3.05, 3.63) is 48.5 Å². The summed E-state index contributed by atoms with van der Waals surface area (Å²) in [7, 11) is 3.14. The molecule has 0 aromatic heterocycles. The van der Waals surface area contributed by atoms with E-state index in [1.54, 1.807) is 37.3 Å². The Hall–Kier alpha value is -2.69. The first kappa shape index (κ1) is 15.7. The molecule has 5 nitrogen and oxygen atoms in total. The van der Waals surface area contributed by atoms with Crippen molar-refractivity contribution in [1.82, 2.24) is 0 Å². The van der Waals surface area contributed by atoms with Crippen molar-refractivity contribution >= 4 is 17.4 Å². The lowest BCUT2D eigenvalue weighted by Crippen LogP contribution is -2.34. The number of hydrogen-bond acceptors (Lipinski definition) is 3. The lowest BCUT2D eigenvalue weighted by atomic mass is 10.2. The molecule has 0 bridgehead atoms. The van der Waals surface area contributed by atoms with Gasteiger partial charge in [-0.3, -0.25) is 4.90 Å². The molecular weight excluding hydrogens is 280 g/mol. The molecule has 22 heavy (non-hydrogen) atoms. The third-order valence-electron chi connectivity index (χ3n) is 3.26. The summed E-state index contributed by atoms with van der Waals surface area (Å²) >= 11 is 0. The number of carbonyl (C=O) groups is 1. The van der Waals surface area contributed by atoms with Gasteiger partial charge in [0.1, 0.15) is 0 Å². The second-order valence-electron chi connectivity index (χ2n) is 4.58. The van der Waals surface area contributed by atoms with Crippen molar-refractivity contribution in [2.45, 2.75) is 6.92 Å². The van der Waals surface area contributed by atoms with Crippen LogP contribution in [0.4, 0.5) is 16.2 Å². The van der Waals surface area contributed by atoms with E-state index in [4.69, 9.17) is 9.47 Å². The van der Waals surface area contributed by atoms with Crippen LogP contribution in [0.1, 0.15) is 6.92 Å². The Balaban J connectivity index is 2.17. The Morgan fingerprint density at radius 2 is 1.73 bits per heavy atom. The van der Waals surface area contributed by atoms with Crippen molar-refractivity contribution in [3.63, 3.8) is 0 Å². The first-order chi connectivity index (χ1) is 10.7. The molecule has 0 aliphatic carbocycles. The molecule has 0 saturated heterocycles. The van der Waals surface area contributed by atoms with Crippen LogP contribution in [-0.4, -0.2) is 26.8 Å². The molecule has 0 fully saturated rings. The molecule has 5 heteroatoms. The van der Waals surface area contributed by atoms with E-state index in [9.17, 15) is 4.79 Å². The largest absolute Gasteiger partial charge is 0.493 e. The van der Waals surface area contributed by atoms with Crippen LogP contribution in [0, 0.1) is 0 Å². The fraction of sp³-hybridized carbons (Fsp3) is 0.235. The average Bonchev–Trinajstić information content (AvgIpc) is 2.56. The maximum Gasteiger partial charge on any atom is 0.326 e. The number of rotatable bonds is 5. The summed E-state index contributed by atoms with van der Waals surface area (Å²) in [6.45, 7) is 2.50. The van der Waals surface area contributed by atoms with Crippen molar-refractivity contribution < 1.29 is 14.3 Å². The molecule has 2 rings (SSSR count). The highest BCUT2D eigenvalue weighted by molar-refractivity contribution is 6.01. The van der Waals surface area contributed by atoms with Gasteiger partial charge in [-0.25, -0.2) is 4.79 Å². The number of ether oxygens (including phenoxy) is 2. The number of nitrogens with one attached hydrogen (secondary N) is 1. The van der Waals surface area contributed by atoms with E-state index in [-0.39, 0.29) is 6.03 Å². The SMILES string of the molecule is CCN(C(=O)Nc1ccc(OC)c(OC)c1)c1ccccc1. The van der Waals surface area contributed by atoms with Gasteiger partial charge in [0.25, 0.3) is 0 Å². The summed E-state index contributed by atoms with van der Waals surface area (Å²) in [5.41, 5.74) is 1.50. The van der Waals surface area contributed by atoms with Gasteiger partial charge in [-0.05, 0) is 31.2 Å². The lowest BCUT2D eigenvalue weighted by Gasteiger charge is -2.21. The highest BCUT2D eigenvalue weighted by Gasteiger charge is 2.14. The van der Waals surface area contributed by atoms with Crippen LogP contribution < -0.4 is 19.7 Å². The first-order valence-electron chi connectivity index (χ1n) is 7.05. The minimum atomic E-state index is -0.194. The summed E-state index contributed by atoms with van der Waals surface area (Å²) in [5.74, 6) is 1.19. The Labute approximate surface area is 130 Å². The molecule has 2 amide bonds.